The van der Waals surface area contributed by atoms with Crippen LogP contribution in [0.4, 0.5) is 5.69 Å². The molecule has 0 bridgehead atoms. The molecule has 0 aliphatic carbocycles. The van der Waals surface area contributed by atoms with Crippen molar-refractivity contribution in [2.24, 2.45) is 7.05 Å². The number of rotatable bonds is 4. The number of halogens is 1. The molecule has 0 aliphatic heterocycles. The fourth-order valence-corrected chi connectivity index (χ4v) is 3.74. The van der Waals surface area contributed by atoms with Crippen molar-refractivity contribution in [3.8, 4) is 5.75 Å². The minimum Gasteiger partial charge on any atom is -0.507 e. The van der Waals surface area contributed by atoms with Crippen LogP contribution in [0.25, 0.3) is 0 Å². The van der Waals surface area contributed by atoms with E-state index in [-0.39, 0.29) is 20.9 Å². The molecule has 1 heterocycles. The van der Waals surface area contributed by atoms with E-state index < -0.39 is 21.7 Å². The van der Waals surface area contributed by atoms with Crippen LogP contribution in [0.2, 0.25) is 0 Å². The summed E-state index contributed by atoms with van der Waals surface area (Å²) in [5, 5.41) is 25.2. The Morgan fingerprint density at radius 3 is 2.57 bits per heavy atom. The van der Waals surface area contributed by atoms with Crippen molar-refractivity contribution in [1.29, 1.82) is 0 Å². The van der Waals surface area contributed by atoms with Gasteiger partial charge in [-0.2, -0.15) is 8.42 Å². The quantitative estimate of drug-likeness (QED) is 0.717. The van der Waals surface area contributed by atoms with E-state index in [9.17, 15) is 18.3 Å². The van der Waals surface area contributed by atoms with Crippen molar-refractivity contribution in [1.82, 2.24) is 15.0 Å². The molecule has 0 aliphatic rings. The number of aromatic carboxylic acids is 1. The van der Waals surface area contributed by atoms with Gasteiger partial charge in [0.1, 0.15) is 11.3 Å². The summed E-state index contributed by atoms with van der Waals surface area (Å²) in [6.07, 6.45) is 0. The van der Waals surface area contributed by atoms with Gasteiger partial charge >= 0.3 is 5.97 Å². The molecule has 0 saturated heterocycles. The number of nitrogens with one attached hydrogen (secondary N) is 1. The summed E-state index contributed by atoms with van der Waals surface area (Å²) < 4.78 is 27.7. The van der Waals surface area contributed by atoms with Crippen LogP contribution in [-0.2, 0) is 17.1 Å². The first-order valence-electron chi connectivity index (χ1n) is 5.36. The molecule has 0 radical (unpaired) electrons. The lowest BCUT2D eigenvalue weighted by molar-refractivity contribution is 0.0694. The first-order valence-corrected chi connectivity index (χ1v) is 7.64. The lowest BCUT2D eigenvalue weighted by Crippen LogP contribution is -2.17. The van der Waals surface area contributed by atoms with Crippen molar-refractivity contribution < 1.29 is 23.4 Å². The van der Waals surface area contributed by atoms with E-state index in [1.807, 2.05) is 0 Å². The van der Waals surface area contributed by atoms with Gasteiger partial charge in [0.15, 0.2) is 4.60 Å². The monoisotopic (exact) mass is 376 g/mol. The molecule has 0 amide bonds. The Morgan fingerprint density at radius 2 is 2.10 bits per heavy atom. The molecule has 9 nitrogen and oxygen atoms in total. The molecule has 3 N–H and O–H groups in total. The maximum absolute atomic E-state index is 12.2. The zero-order valence-electron chi connectivity index (χ0n) is 10.5. The van der Waals surface area contributed by atoms with Crippen LogP contribution in [0.3, 0.4) is 0 Å². The summed E-state index contributed by atoms with van der Waals surface area (Å²) in [4.78, 5) is 10.8. The predicted octanol–water partition coefficient (Wildman–Crippen LogP) is 0.782. The van der Waals surface area contributed by atoms with Crippen molar-refractivity contribution in [3.05, 3.63) is 28.4 Å². The lowest BCUT2D eigenvalue weighted by atomic mass is 10.2. The van der Waals surface area contributed by atoms with Crippen molar-refractivity contribution in [2.45, 2.75) is 5.03 Å². The number of phenols is 1. The molecule has 0 spiro atoms. The van der Waals surface area contributed by atoms with E-state index in [1.165, 1.54) is 13.1 Å². The van der Waals surface area contributed by atoms with Gasteiger partial charge in [-0.3, -0.25) is 4.72 Å². The highest BCUT2D eigenvalue weighted by molar-refractivity contribution is 9.10. The number of aryl methyl sites for hydroxylation is 1. The average molecular weight is 377 g/mol. The summed E-state index contributed by atoms with van der Waals surface area (Å²) in [7, 11) is -2.60. The van der Waals surface area contributed by atoms with Gasteiger partial charge in [0.2, 0.25) is 5.03 Å². The standard InChI is InChI=1S/C10H9BrN4O5S/c1-15-9(8(11)12-14-15)21(19,20)13-5-2-3-6(10(17)18)7(16)4-5/h2-4,13,16H,1H3,(H,17,18). The lowest BCUT2D eigenvalue weighted by Gasteiger charge is -2.09. The minimum absolute atomic E-state index is 0.00519. The molecular formula is C10H9BrN4O5S. The fourth-order valence-electron chi connectivity index (χ4n) is 1.59. The van der Waals surface area contributed by atoms with Crippen LogP contribution in [0.15, 0.2) is 27.8 Å². The maximum atomic E-state index is 12.2. The Labute approximate surface area is 127 Å². The molecule has 21 heavy (non-hydrogen) atoms. The molecule has 112 valence electrons. The third-order valence-electron chi connectivity index (χ3n) is 2.47. The molecule has 0 unspecified atom stereocenters. The number of anilines is 1. The Bertz CT molecular complexity index is 797. The topological polar surface area (TPSA) is 134 Å². The van der Waals surface area contributed by atoms with Gasteiger partial charge in [-0.1, -0.05) is 5.21 Å². The van der Waals surface area contributed by atoms with Gasteiger partial charge in [-0.15, -0.1) is 5.10 Å². The Kier molecular flexibility index (Phi) is 3.87. The third kappa shape index (κ3) is 2.97. The number of nitrogens with zero attached hydrogens (tertiary/aromatic N) is 3. The maximum Gasteiger partial charge on any atom is 0.339 e. The van der Waals surface area contributed by atoms with Gasteiger partial charge in [0, 0.05) is 13.1 Å². The number of hydrogen-bond acceptors (Lipinski definition) is 6. The highest BCUT2D eigenvalue weighted by Crippen LogP contribution is 2.25. The minimum atomic E-state index is -4.00. The van der Waals surface area contributed by atoms with Gasteiger partial charge in [0.25, 0.3) is 10.0 Å². The van der Waals surface area contributed by atoms with Gasteiger partial charge in [-0.05, 0) is 28.1 Å². The summed E-state index contributed by atoms with van der Waals surface area (Å²) in [5.41, 5.74) is -0.327. The van der Waals surface area contributed by atoms with Crippen LogP contribution in [-0.4, -0.2) is 39.6 Å². The largest absolute Gasteiger partial charge is 0.507 e. The summed E-state index contributed by atoms with van der Waals surface area (Å²) >= 11 is 2.97. The molecule has 2 aromatic rings. The van der Waals surface area contributed by atoms with Crippen LogP contribution in [0.5, 0.6) is 5.75 Å². The van der Waals surface area contributed by atoms with Crippen molar-refractivity contribution >= 4 is 37.6 Å². The number of carbonyl (C=O) groups is 1. The smallest absolute Gasteiger partial charge is 0.339 e. The highest BCUT2D eigenvalue weighted by atomic mass is 79.9. The Balaban J connectivity index is 2.38. The van der Waals surface area contributed by atoms with E-state index >= 15 is 0 Å². The molecule has 1 aromatic carbocycles. The van der Waals surface area contributed by atoms with E-state index in [2.05, 4.69) is 31.0 Å². The zero-order chi connectivity index (χ0) is 15.8. The second-order valence-corrected chi connectivity index (χ2v) is 6.30. The van der Waals surface area contributed by atoms with E-state index in [4.69, 9.17) is 5.11 Å². The first kappa shape index (κ1) is 15.3. The number of carboxylic acid groups (broad SMARTS) is 1. The van der Waals surface area contributed by atoms with Gasteiger partial charge in [-0.25, -0.2) is 9.48 Å². The summed E-state index contributed by atoms with van der Waals surface area (Å²) in [6, 6.07) is 3.31. The van der Waals surface area contributed by atoms with E-state index in [0.29, 0.717) is 0 Å². The second kappa shape index (κ2) is 5.33. The third-order valence-corrected chi connectivity index (χ3v) is 4.74. The van der Waals surface area contributed by atoms with E-state index in [0.717, 1.165) is 16.8 Å². The number of hydrogen-bond donors (Lipinski definition) is 3. The molecule has 0 fully saturated rings. The second-order valence-electron chi connectivity index (χ2n) is 3.95. The Morgan fingerprint density at radius 1 is 1.43 bits per heavy atom. The summed E-state index contributed by atoms with van der Waals surface area (Å²) in [5.74, 6) is -1.87. The van der Waals surface area contributed by atoms with Gasteiger partial charge in [0.05, 0.1) is 5.69 Å². The van der Waals surface area contributed by atoms with Crippen molar-refractivity contribution in [2.75, 3.05) is 4.72 Å². The van der Waals surface area contributed by atoms with Crippen LogP contribution >= 0.6 is 15.9 Å². The fraction of sp³-hybridized carbons (Fsp3) is 0.100. The predicted molar refractivity (Wildman–Crippen MR) is 74.6 cm³/mol. The van der Waals surface area contributed by atoms with Crippen LogP contribution in [0.1, 0.15) is 10.4 Å². The Hall–Kier alpha value is -2.14. The molecular weight excluding hydrogens is 368 g/mol. The summed E-state index contributed by atoms with van der Waals surface area (Å²) in [6.45, 7) is 0. The molecule has 11 heteroatoms. The SMILES string of the molecule is Cn1nnc(Br)c1S(=O)(=O)Nc1ccc(C(=O)O)c(O)c1. The molecule has 1 aromatic heterocycles. The number of aromatic hydroxyl groups is 1. The number of benzene rings is 1. The number of sulfonamides is 1. The number of aromatic nitrogens is 3. The zero-order valence-corrected chi connectivity index (χ0v) is 12.9. The van der Waals surface area contributed by atoms with Crippen LogP contribution < -0.4 is 4.72 Å². The molecule has 2 rings (SSSR count). The molecule has 0 saturated carbocycles. The first-order chi connectivity index (χ1) is 9.72. The van der Waals surface area contributed by atoms with E-state index in [1.54, 1.807) is 0 Å². The number of carboxylic acids is 1. The highest BCUT2D eigenvalue weighted by Gasteiger charge is 2.24. The van der Waals surface area contributed by atoms with Crippen LogP contribution in [0, 0.1) is 0 Å². The molecule has 0 atom stereocenters. The van der Waals surface area contributed by atoms with Gasteiger partial charge < -0.3 is 10.2 Å². The average Bonchev–Trinajstić information content (AvgIpc) is 2.68. The normalized spacial score (nSPS) is 11.3. The van der Waals surface area contributed by atoms with Crippen molar-refractivity contribution in [3.63, 3.8) is 0 Å².